The van der Waals surface area contributed by atoms with Gasteiger partial charge < -0.3 is 11.1 Å². The van der Waals surface area contributed by atoms with E-state index in [0.717, 1.165) is 50.7 Å². The Kier molecular flexibility index (Phi) is 5.99. The second-order valence-corrected chi connectivity index (χ2v) is 7.31. The molecule has 25 heavy (non-hydrogen) atoms. The van der Waals surface area contributed by atoms with Crippen LogP contribution in [0, 0.1) is 17.6 Å². The first-order valence-corrected chi connectivity index (χ1v) is 9.25. The van der Waals surface area contributed by atoms with E-state index in [9.17, 15) is 8.78 Å². The van der Waals surface area contributed by atoms with Gasteiger partial charge in [-0.25, -0.2) is 8.78 Å². The number of hydrogen-bond donors (Lipinski definition) is 2. The SMILES string of the molecule is NC(=NCC1CCN(Cc2cccs2)CC1)Nc1cc(F)ccc1F. The number of nitrogens with zero attached hydrogens (tertiary/aromatic N) is 2. The maximum absolute atomic E-state index is 13.6. The lowest BCUT2D eigenvalue weighted by molar-refractivity contribution is 0.182. The van der Waals surface area contributed by atoms with Gasteiger partial charge in [0.25, 0.3) is 0 Å². The number of thiophene rings is 1. The smallest absolute Gasteiger partial charge is 0.193 e. The molecule has 0 bridgehead atoms. The van der Waals surface area contributed by atoms with Crippen molar-refractivity contribution in [2.24, 2.45) is 16.6 Å². The van der Waals surface area contributed by atoms with Crippen molar-refractivity contribution in [2.75, 3.05) is 25.0 Å². The van der Waals surface area contributed by atoms with E-state index < -0.39 is 11.6 Å². The van der Waals surface area contributed by atoms with Gasteiger partial charge in [-0.2, -0.15) is 0 Å². The second-order valence-electron chi connectivity index (χ2n) is 6.27. The zero-order valence-corrected chi connectivity index (χ0v) is 14.7. The third-order valence-corrected chi connectivity index (χ3v) is 5.24. The molecule has 0 aliphatic carbocycles. The minimum Gasteiger partial charge on any atom is -0.370 e. The van der Waals surface area contributed by atoms with Crippen LogP contribution in [0.25, 0.3) is 0 Å². The molecule has 1 aromatic carbocycles. The van der Waals surface area contributed by atoms with Gasteiger partial charge in [-0.15, -0.1) is 11.3 Å². The molecule has 2 aromatic rings. The molecule has 1 aromatic heterocycles. The van der Waals surface area contributed by atoms with Crippen molar-refractivity contribution in [3.8, 4) is 0 Å². The number of halogens is 2. The normalized spacial score (nSPS) is 17.0. The summed E-state index contributed by atoms with van der Waals surface area (Å²) in [7, 11) is 0. The Morgan fingerprint density at radius 3 is 2.80 bits per heavy atom. The van der Waals surface area contributed by atoms with E-state index >= 15 is 0 Å². The van der Waals surface area contributed by atoms with Crippen LogP contribution in [0.15, 0.2) is 40.7 Å². The fourth-order valence-electron chi connectivity index (χ4n) is 2.95. The van der Waals surface area contributed by atoms with Crippen LogP contribution >= 0.6 is 11.3 Å². The number of hydrogen-bond acceptors (Lipinski definition) is 3. The highest BCUT2D eigenvalue weighted by molar-refractivity contribution is 7.09. The Labute approximate surface area is 150 Å². The fraction of sp³-hybridized carbons (Fsp3) is 0.389. The number of piperidine rings is 1. The molecule has 3 N–H and O–H groups in total. The van der Waals surface area contributed by atoms with Gasteiger partial charge in [-0.05, 0) is 55.4 Å². The summed E-state index contributed by atoms with van der Waals surface area (Å²) in [5.41, 5.74) is 5.81. The van der Waals surface area contributed by atoms with Crippen LogP contribution in [0.3, 0.4) is 0 Å². The summed E-state index contributed by atoms with van der Waals surface area (Å²) in [6, 6.07) is 7.45. The van der Waals surface area contributed by atoms with Crippen LogP contribution in [-0.4, -0.2) is 30.5 Å². The van der Waals surface area contributed by atoms with E-state index in [4.69, 9.17) is 5.73 Å². The van der Waals surface area contributed by atoms with Gasteiger partial charge >= 0.3 is 0 Å². The molecule has 2 heterocycles. The van der Waals surface area contributed by atoms with Crippen molar-refractivity contribution in [3.05, 3.63) is 52.2 Å². The van der Waals surface area contributed by atoms with E-state index in [1.54, 1.807) is 11.3 Å². The van der Waals surface area contributed by atoms with Gasteiger partial charge in [0.15, 0.2) is 5.96 Å². The molecule has 1 aliphatic rings. The summed E-state index contributed by atoms with van der Waals surface area (Å²) < 4.78 is 26.7. The lowest BCUT2D eigenvalue weighted by Crippen LogP contribution is -2.34. The lowest BCUT2D eigenvalue weighted by Gasteiger charge is -2.30. The van der Waals surface area contributed by atoms with Crippen molar-refractivity contribution >= 4 is 23.0 Å². The number of guanidine groups is 1. The quantitative estimate of drug-likeness (QED) is 0.629. The van der Waals surface area contributed by atoms with E-state index in [0.29, 0.717) is 12.5 Å². The Hall–Kier alpha value is -1.99. The van der Waals surface area contributed by atoms with E-state index in [2.05, 4.69) is 32.7 Å². The first kappa shape index (κ1) is 17.8. The zero-order valence-electron chi connectivity index (χ0n) is 13.9. The molecule has 1 aliphatic heterocycles. The molecule has 0 unspecified atom stereocenters. The number of rotatable bonds is 5. The maximum atomic E-state index is 13.6. The third-order valence-electron chi connectivity index (χ3n) is 4.38. The minimum absolute atomic E-state index is 0.00650. The molecular formula is C18H22F2N4S. The van der Waals surface area contributed by atoms with E-state index in [1.165, 1.54) is 4.88 Å². The van der Waals surface area contributed by atoms with Crippen LogP contribution in [0.1, 0.15) is 17.7 Å². The number of likely N-dealkylation sites (tertiary alicyclic amines) is 1. The summed E-state index contributed by atoms with van der Waals surface area (Å²) in [6.07, 6.45) is 2.13. The molecular weight excluding hydrogens is 342 g/mol. The van der Waals surface area contributed by atoms with Crippen molar-refractivity contribution in [3.63, 3.8) is 0 Å². The molecule has 0 radical (unpaired) electrons. The molecule has 134 valence electrons. The Morgan fingerprint density at radius 2 is 2.08 bits per heavy atom. The predicted molar refractivity (Wildman–Crippen MR) is 98.8 cm³/mol. The predicted octanol–water partition coefficient (Wildman–Crippen LogP) is 3.67. The highest BCUT2D eigenvalue weighted by Gasteiger charge is 2.19. The van der Waals surface area contributed by atoms with E-state index in [1.807, 2.05) is 0 Å². The largest absolute Gasteiger partial charge is 0.370 e. The molecule has 0 saturated carbocycles. The highest BCUT2D eigenvalue weighted by Crippen LogP contribution is 2.21. The molecule has 3 rings (SSSR count). The van der Waals surface area contributed by atoms with Gasteiger partial charge in [0.1, 0.15) is 11.6 Å². The van der Waals surface area contributed by atoms with Crippen LogP contribution in [0.4, 0.5) is 14.5 Å². The van der Waals surface area contributed by atoms with Crippen molar-refractivity contribution in [2.45, 2.75) is 19.4 Å². The Balaban J connectivity index is 1.45. The average Bonchev–Trinajstić information content (AvgIpc) is 3.10. The molecule has 0 atom stereocenters. The summed E-state index contributed by atoms with van der Waals surface area (Å²) >= 11 is 1.79. The molecule has 4 nitrogen and oxygen atoms in total. The second kappa shape index (κ2) is 8.40. The number of aliphatic imine (C=N–C) groups is 1. The van der Waals surface area contributed by atoms with Crippen LogP contribution in [-0.2, 0) is 6.54 Å². The summed E-state index contributed by atoms with van der Waals surface area (Å²) in [6.45, 7) is 3.70. The highest BCUT2D eigenvalue weighted by atomic mass is 32.1. The minimum atomic E-state index is -0.554. The van der Waals surface area contributed by atoms with Gasteiger partial charge in [0.05, 0.1) is 5.69 Å². The maximum Gasteiger partial charge on any atom is 0.193 e. The van der Waals surface area contributed by atoms with E-state index in [-0.39, 0.29) is 11.6 Å². The number of nitrogens with one attached hydrogen (secondary N) is 1. The van der Waals surface area contributed by atoms with Gasteiger partial charge in [0.2, 0.25) is 0 Å². The molecule has 1 saturated heterocycles. The summed E-state index contributed by atoms with van der Waals surface area (Å²) in [5.74, 6) is -0.487. The lowest BCUT2D eigenvalue weighted by atomic mass is 9.97. The molecule has 7 heteroatoms. The number of benzene rings is 1. The monoisotopic (exact) mass is 364 g/mol. The first-order valence-electron chi connectivity index (χ1n) is 8.37. The summed E-state index contributed by atoms with van der Waals surface area (Å²) in [4.78, 5) is 8.14. The van der Waals surface area contributed by atoms with Crippen molar-refractivity contribution < 1.29 is 8.78 Å². The first-order chi connectivity index (χ1) is 12.1. The Bertz CT molecular complexity index is 710. The molecule has 0 spiro atoms. The van der Waals surface area contributed by atoms with Crippen LogP contribution in [0.2, 0.25) is 0 Å². The molecule has 1 fully saturated rings. The summed E-state index contributed by atoms with van der Waals surface area (Å²) in [5, 5.41) is 4.74. The van der Waals surface area contributed by atoms with Gasteiger partial charge in [0, 0.05) is 24.0 Å². The van der Waals surface area contributed by atoms with Crippen LogP contribution in [0.5, 0.6) is 0 Å². The third kappa shape index (κ3) is 5.24. The van der Waals surface area contributed by atoms with Gasteiger partial charge in [-0.3, -0.25) is 9.89 Å². The average molecular weight is 364 g/mol. The fourth-order valence-corrected chi connectivity index (χ4v) is 3.69. The zero-order chi connectivity index (χ0) is 17.6. The standard InChI is InChI=1S/C18H22F2N4S/c19-14-3-4-16(20)17(10-14)23-18(21)22-11-13-5-7-24(8-6-13)12-15-2-1-9-25-15/h1-4,9-10,13H,5-8,11-12H2,(H3,21,22,23). The van der Waals surface area contributed by atoms with Gasteiger partial charge in [-0.1, -0.05) is 6.07 Å². The topological polar surface area (TPSA) is 53.6 Å². The molecule has 0 amide bonds. The number of anilines is 1. The Morgan fingerprint density at radius 1 is 1.28 bits per heavy atom. The number of nitrogens with two attached hydrogens (primary N) is 1. The van der Waals surface area contributed by atoms with Crippen LogP contribution < -0.4 is 11.1 Å². The van der Waals surface area contributed by atoms with Crippen molar-refractivity contribution in [1.29, 1.82) is 0 Å². The van der Waals surface area contributed by atoms with Crippen molar-refractivity contribution in [1.82, 2.24) is 4.90 Å².